The average Bonchev–Trinajstić information content (AvgIpc) is 2.91. The summed E-state index contributed by atoms with van der Waals surface area (Å²) in [5.74, 6) is -0.265. The van der Waals surface area contributed by atoms with E-state index in [0.717, 1.165) is 10.6 Å². The van der Waals surface area contributed by atoms with Crippen LogP contribution in [0.2, 0.25) is 0 Å². The Kier molecular flexibility index (Phi) is 5.36. The molecule has 0 aliphatic rings. The van der Waals surface area contributed by atoms with Crippen molar-refractivity contribution in [2.24, 2.45) is 0 Å². The van der Waals surface area contributed by atoms with E-state index in [2.05, 4.69) is 14.1 Å². The smallest absolute Gasteiger partial charge is 0.375 e. The summed E-state index contributed by atoms with van der Waals surface area (Å²) in [5.41, 5.74) is 0.987. The SMILES string of the molecule is COC(=O)C(C)[n+]1ccc(-c2ncns2)cc1.[Br-]. The number of carbonyl (C=O) groups excluding carboxylic acids is 1. The molecule has 0 N–H and O–H groups in total. The van der Waals surface area contributed by atoms with Gasteiger partial charge in [0.2, 0.25) is 0 Å². The minimum atomic E-state index is -0.330. The third-order valence-corrected chi connectivity index (χ3v) is 3.16. The first-order valence-corrected chi connectivity index (χ1v) is 5.85. The van der Waals surface area contributed by atoms with E-state index >= 15 is 0 Å². The molecule has 18 heavy (non-hydrogen) atoms. The molecule has 0 fully saturated rings. The van der Waals surface area contributed by atoms with Crippen LogP contribution in [0.25, 0.3) is 10.6 Å². The van der Waals surface area contributed by atoms with Crippen molar-refractivity contribution in [2.75, 3.05) is 7.11 Å². The highest BCUT2D eigenvalue weighted by atomic mass is 79.9. The topological polar surface area (TPSA) is 56.0 Å². The van der Waals surface area contributed by atoms with Crippen molar-refractivity contribution in [1.82, 2.24) is 9.36 Å². The van der Waals surface area contributed by atoms with Crippen LogP contribution >= 0.6 is 11.5 Å². The molecule has 96 valence electrons. The van der Waals surface area contributed by atoms with E-state index in [1.165, 1.54) is 25.0 Å². The monoisotopic (exact) mass is 329 g/mol. The van der Waals surface area contributed by atoms with Crippen molar-refractivity contribution >= 4 is 17.5 Å². The van der Waals surface area contributed by atoms with Gasteiger partial charge in [-0.15, -0.1) is 0 Å². The lowest BCUT2D eigenvalue weighted by atomic mass is 10.2. The molecule has 0 saturated carbocycles. The summed E-state index contributed by atoms with van der Waals surface area (Å²) in [7, 11) is 1.38. The zero-order valence-electron chi connectivity index (χ0n) is 9.91. The van der Waals surface area contributed by atoms with Gasteiger partial charge in [0.15, 0.2) is 12.4 Å². The number of aromatic nitrogens is 3. The van der Waals surface area contributed by atoms with Gasteiger partial charge in [0.25, 0.3) is 6.04 Å². The molecule has 5 nitrogen and oxygen atoms in total. The van der Waals surface area contributed by atoms with Crippen molar-refractivity contribution in [2.45, 2.75) is 13.0 Å². The number of rotatable bonds is 3. The van der Waals surface area contributed by atoms with Crippen LogP contribution in [0.15, 0.2) is 30.9 Å². The fourth-order valence-electron chi connectivity index (χ4n) is 1.43. The van der Waals surface area contributed by atoms with Gasteiger partial charge in [0.1, 0.15) is 11.3 Å². The molecule has 1 atom stereocenters. The van der Waals surface area contributed by atoms with Crippen LogP contribution < -0.4 is 21.5 Å². The molecular weight excluding hydrogens is 318 g/mol. The Morgan fingerprint density at radius 2 is 2.11 bits per heavy atom. The number of hydrogen-bond donors (Lipinski definition) is 0. The van der Waals surface area contributed by atoms with Crippen LogP contribution in [0.3, 0.4) is 0 Å². The number of halogens is 1. The van der Waals surface area contributed by atoms with Gasteiger partial charge < -0.3 is 21.7 Å². The predicted molar refractivity (Wildman–Crippen MR) is 62.3 cm³/mol. The van der Waals surface area contributed by atoms with Gasteiger partial charge >= 0.3 is 5.97 Å². The van der Waals surface area contributed by atoms with E-state index in [1.807, 2.05) is 24.5 Å². The molecule has 0 bridgehead atoms. The Morgan fingerprint density at radius 1 is 1.44 bits per heavy atom. The van der Waals surface area contributed by atoms with Crippen LogP contribution in [0, 0.1) is 0 Å². The molecular formula is C11H12BrN3O2S. The number of nitrogens with zero attached hydrogens (tertiary/aromatic N) is 3. The summed E-state index contributed by atoms with van der Waals surface area (Å²) in [6.07, 6.45) is 5.19. The van der Waals surface area contributed by atoms with Gasteiger partial charge in [-0.3, -0.25) is 0 Å². The molecule has 0 amide bonds. The van der Waals surface area contributed by atoms with Crippen LogP contribution in [0.1, 0.15) is 13.0 Å². The van der Waals surface area contributed by atoms with Gasteiger partial charge in [0.05, 0.1) is 7.11 Å². The van der Waals surface area contributed by atoms with E-state index < -0.39 is 0 Å². The number of ether oxygens (including phenoxy) is 1. The number of pyridine rings is 1. The Morgan fingerprint density at radius 3 is 2.61 bits per heavy atom. The van der Waals surface area contributed by atoms with Crippen molar-refractivity contribution < 1.29 is 31.1 Å². The summed E-state index contributed by atoms with van der Waals surface area (Å²) in [5, 5.41) is 0.864. The summed E-state index contributed by atoms with van der Waals surface area (Å²) in [4.78, 5) is 15.5. The fourth-order valence-corrected chi connectivity index (χ4v) is 1.96. The zero-order valence-corrected chi connectivity index (χ0v) is 12.3. The molecule has 0 spiro atoms. The molecule has 1 unspecified atom stereocenters. The van der Waals surface area contributed by atoms with Crippen LogP contribution in [-0.2, 0) is 9.53 Å². The molecule has 2 aromatic heterocycles. The van der Waals surface area contributed by atoms with E-state index in [-0.39, 0.29) is 29.0 Å². The lowest BCUT2D eigenvalue weighted by molar-refractivity contribution is -0.707. The van der Waals surface area contributed by atoms with Crippen LogP contribution in [-0.4, -0.2) is 22.4 Å². The van der Waals surface area contributed by atoms with Crippen molar-refractivity contribution in [1.29, 1.82) is 0 Å². The Labute approximate surface area is 119 Å². The predicted octanol–water partition coefficient (Wildman–Crippen LogP) is -1.77. The summed E-state index contributed by atoms with van der Waals surface area (Å²) in [6.45, 7) is 1.79. The normalized spacial score (nSPS) is 11.4. The molecule has 2 rings (SSSR count). The fraction of sp³-hybridized carbons (Fsp3) is 0.273. The maximum atomic E-state index is 11.4. The van der Waals surface area contributed by atoms with Crippen molar-refractivity contribution in [3.63, 3.8) is 0 Å². The standard InChI is InChI=1S/C11H12N3O2S.BrH/c1-8(11(15)16-2)14-5-3-9(4-6-14)10-12-7-13-17-10;/h3-8H,1-2H3;1H/q+1;/p-1. The largest absolute Gasteiger partial charge is 1.00 e. The Balaban J connectivity index is 0.00000162. The number of esters is 1. The lowest BCUT2D eigenvalue weighted by Crippen LogP contribution is -3.00. The van der Waals surface area contributed by atoms with Gasteiger partial charge in [-0.25, -0.2) is 9.78 Å². The highest BCUT2D eigenvalue weighted by Crippen LogP contribution is 2.18. The second-order valence-electron chi connectivity index (χ2n) is 3.48. The number of carbonyl (C=O) groups is 1. The first-order valence-electron chi connectivity index (χ1n) is 5.08. The summed E-state index contributed by atoms with van der Waals surface area (Å²) in [6, 6.07) is 3.48. The van der Waals surface area contributed by atoms with Gasteiger partial charge in [-0.2, -0.15) is 8.94 Å². The van der Waals surface area contributed by atoms with Gasteiger partial charge in [0, 0.05) is 24.6 Å². The Bertz CT molecular complexity index is 502. The second kappa shape index (κ2) is 6.55. The van der Waals surface area contributed by atoms with E-state index in [0.29, 0.717) is 0 Å². The molecule has 7 heteroatoms. The third kappa shape index (κ3) is 3.11. The van der Waals surface area contributed by atoms with E-state index in [9.17, 15) is 4.79 Å². The lowest BCUT2D eigenvalue weighted by Gasteiger charge is -2.04. The molecule has 0 aliphatic heterocycles. The van der Waals surface area contributed by atoms with E-state index in [1.54, 1.807) is 11.5 Å². The average molecular weight is 330 g/mol. The zero-order chi connectivity index (χ0) is 12.3. The minimum absolute atomic E-state index is 0. The number of hydrogen-bond acceptors (Lipinski definition) is 5. The molecule has 0 saturated heterocycles. The highest BCUT2D eigenvalue weighted by molar-refractivity contribution is 7.09. The first kappa shape index (κ1) is 14.7. The first-order chi connectivity index (χ1) is 8.22. The van der Waals surface area contributed by atoms with Gasteiger partial charge in [-0.1, -0.05) is 0 Å². The molecule has 2 aromatic rings. The van der Waals surface area contributed by atoms with Crippen LogP contribution in [0.5, 0.6) is 0 Å². The summed E-state index contributed by atoms with van der Waals surface area (Å²) < 4.78 is 10.4. The highest BCUT2D eigenvalue weighted by Gasteiger charge is 2.22. The molecule has 0 aliphatic carbocycles. The third-order valence-electron chi connectivity index (χ3n) is 2.45. The summed E-state index contributed by atoms with van der Waals surface area (Å²) >= 11 is 1.34. The van der Waals surface area contributed by atoms with Gasteiger partial charge in [-0.05, 0) is 11.5 Å². The van der Waals surface area contributed by atoms with Crippen LogP contribution in [0.4, 0.5) is 0 Å². The maximum Gasteiger partial charge on any atom is 0.375 e. The second-order valence-corrected chi connectivity index (χ2v) is 4.26. The molecule has 0 radical (unpaired) electrons. The Hall–Kier alpha value is -1.34. The van der Waals surface area contributed by atoms with Crippen molar-refractivity contribution in [3.05, 3.63) is 30.9 Å². The van der Waals surface area contributed by atoms with E-state index in [4.69, 9.17) is 0 Å². The minimum Gasteiger partial charge on any atom is -1.00 e. The number of methoxy groups -OCH3 is 1. The maximum absolute atomic E-state index is 11.4. The molecule has 2 heterocycles. The molecule has 0 aromatic carbocycles. The van der Waals surface area contributed by atoms with Crippen molar-refractivity contribution in [3.8, 4) is 10.6 Å². The quantitative estimate of drug-likeness (QED) is 0.494.